The Bertz CT molecular complexity index is 1060. The van der Waals surface area contributed by atoms with Crippen molar-refractivity contribution in [2.24, 2.45) is 0 Å². The molecule has 2 fully saturated rings. The first kappa shape index (κ1) is 23.1. The standard InChI is InChI=1S/C22H30N4O4S2/c1-15-8-6-7-13-26(15)32(28,29)19-14-17(11-12-18(19)30-2)20(27)23-22-25-24-21(31-22)16-9-4-3-5-10-16/h11-12,14-16H,3-10,13H2,1-2H3,(H,23,25,27). The molecule has 0 spiro atoms. The first-order chi connectivity index (χ1) is 15.4. The van der Waals surface area contributed by atoms with Crippen LogP contribution in [-0.4, -0.2) is 48.5 Å². The zero-order valence-electron chi connectivity index (χ0n) is 18.5. The van der Waals surface area contributed by atoms with Crippen LogP contribution in [0.5, 0.6) is 5.75 Å². The van der Waals surface area contributed by atoms with Crippen molar-refractivity contribution in [1.82, 2.24) is 14.5 Å². The lowest BCUT2D eigenvalue weighted by atomic mass is 9.90. The van der Waals surface area contributed by atoms with E-state index in [0.717, 1.165) is 37.1 Å². The fourth-order valence-corrected chi connectivity index (χ4v) is 7.33. The summed E-state index contributed by atoms with van der Waals surface area (Å²) in [5.74, 6) is 0.230. The van der Waals surface area contributed by atoms with E-state index < -0.39 is 15.9 Å². The number of nitrogens with zero attached hydrogens (tertiary/aromatic N) is 3. The van der Waals surface area contributed by atoms with Gasteiger partial charge in [0.1, 0.15) is 15.7 Å². The highest BCUT2D eigenvalue weighted by Gasteiger charge is 2.33. The molecule has 174 valence electrons. The van der Waals surface area contributed by atoms with Gasteiger partial charge in [0.2, 0.25) is 15.2 Å². The van der Waals surface area contributed by atoms with Crippen molar-refractivity contribution in [3.05, 3.63) is 28.8 Å². The quantitative estimate of drug-likeness (QED) is 0.660. The largest absolute Gasteiger partial charge is 0.495 e. The Morgan fingerprint density at radius 1 is 1.12 bits per heavy atom. The smallest absolute Gasteiger partial charge is 0.257 e. The number of anilines is 1. The maximum atomic E-state index is 13.4. The van der Waals surface area contributed by atoms with E-state index in [2.05, 4.69) is 15.5 Å². The van der Waals surface area contributed by atoms with Crippen molar-refractivity contribution in [3.63, 3.8) is 0 Å². The molecule has 1 atom stereocenters. The average Bonchev–Trinajstić information content (AvgIpc) is 3.28. The van der Waals surface area contributed by atoms with E-state index >= 15 is 0 Å². The number of hydrogen-bond donors (Lipinski definition) is 1. The van der Waals surface area contributed by atoms with Crippen LogP contribution in [0.25, 0.3) is 0 Å². The van der Waals surface area contributed by atoms with E-state index in [1.165, 1.54) is 54.1 Å². The number of sulfonamides is 1. The van der Waals surface area contributed by atoms with Gasteiger partial charge in [-0.1, -0.05) is 37.0 Å². The second-order valence-electron chi connectivity index (χ2n) is 8.56. The lowest BCUT2D eigenvalue weighted by molar-refractivity contribution is 0.102. The van der Waals surface area contributed by atoms with E-state index in [9.17, 15) is 13.2 Å². The molecule has 2 aromatic rings. The second-order valence-corrected chi connectivity index (χ2v) is 11.4. The molecule has 10 heteroatoms. The fourth-order valence-electron chi connectivity index (χ4n) is 4.54. The molecule has 4 rings (SSSR count). The molecular formula is C22H30N4O4S2. The number of aromatic nitrogens is 2. The molecule has 1 saturated carbocycles. The van der Waals surface area contributed by atoms with Crippen molar-refractivity contribution < 1.29 is 17.9 Å². The number of amides is 1. The number of methoxy groups -OCH3 is 1. The van der Waals surface area contributed by atoms with E-state index in [1.54, 1.807) is 6.07 Å². The van der Waals surface area contributed by atoms with Gasteiger partial charge in [-0.2, -0.15) is 4.31 Å². The van der Waals surface area contributed by atoms with Gasteiger partial charge in [-0.15, -0.1) is 10.2 Å². The Labute approximate surface area is 193 Å². The second kappa shape index (κ2) is 9.84. The van der Waals surface area contributed by atoms with Gasteiger partial charge in [0, 0.05) is 24.1 Å². The average molecular weight is 479 g/mol. The molecule has 2 heterocycles. The van der Waals surface area contributed by atoms with Crippen LogP contribution in [0.15, 0.2) is 23.1 Å². The van der Waals surface area contributed by atoms with E-state index in [1.807, 2.05) is 6.92 Å². The molecule has 1 N–H and O–H groups in total. The molecule has 1 aliphatic heterocycles. The van der Waals surface area contributed by atoms with Crippen LogP contribution in [0.1, 0.15) is 79.6 Å². The summed E-state index contributed by atoms with van der Waals surface area (Å²) >= 11 is 1.40. The summed E-state index contributed by atoms with van der Waals surface area (Å²) in [5.41, 5.74) is 0.239. The highest BCUT2D eigenvalue weighted by Crippen LogP contribution is 2.36. The minimum absolute atomic E-state index is 0.0153. The maximum Gasteiger partial charge on any atom is 0.257 e. The molecule has 2 aliphatic rings. The van der Waals surface area contributed by atoms with Gasteiger partial charge in [0.15, 0.2) is 0 Å². The summed E-state index contributed by atoms with van der Waals surface area (Å²) in [5, 5.41) is 12.6. The summed E-state index contributed by atoms with van der Waals surface area (Å²) in [6.45, 7) is 2.39. The van der Waals surface area contributed by atoms with E-state index in [4.69, 9.17) is 4.74 Å². The SMILES string of the molecule is COc1ccc(C(=O)Nc2nnc(C3CCCCC3)s2)cc1S(=O)(=O)N1CCCCC1C. The Morgan fingerprint density at radius 3 is 2.59 bits per heavy atom. The Balaban J connectivity index is 1.55. The van der Waals surface area contributed by atoms with Gasteiger partial charge in [-0.25, -0.2) is 8.42 Å². The van der Waals surface area contributed by atoms with Crippen LogP contribution < -0.4 is 10.1 Å². The highest BCUT2D eigenvalue weighted by molar-refractivity contribution is 7.89. The molecule has 1 aliphatic carbocycles. The zero-order valence-corrected chi connectivity index (χ0v) is 20.2. The maximum absolute atomic E-state index is 13.4. The fraction of sp³-hybridized carbons (Fsp3) is 0.591. The molecule has 1 saturated heterocycles. The first-order valence-corrected chi connectivity index (χ1v) is 13.5. The number of nitrogens with one attached hydrogen (secondary N) is 1. The summed E-state index contributed by atoms with van der Waals surface area (Å²) in [4.78, 5) is 12.9. The molecule has 1 aromatic heterocycles. The van der Waals surface area contributed by atoms with Crippen LogP contribution >= 0.6 is 11.3 Å². The minimum Gasteiger partial charge on any atom is -0.495 e. The number of benzene rings is 1. The van der Waals surface area contributed by atoms with Gasteiger partial charge in [-0.3, -0.25) is 10.1 Å². The molecule has 0 bridgehead atoms. The molecule has 8 nitrogen and oxygen atoms in total. The van der Waals surface area contributed by atoms with E-state index in [-0.39, 0.29) is 22.3 Å². The molecule has 1 unspecified atom stereocenters. The van der Waals surface area contributed by atoms with Gasteiger partial charge < -0.3 is 4.74 Å². The third-order valence-electron chi connectivity index (χ3n) is 6.37. The zero-order chi connectivity index (χ0) is 22.7. The number of carbonyl (C=O) groups is 1. The lowest BCUT2D eigenvalue weighted by Crippen LogP contribution is -2.42. The molecule has 1 amide bonds. The van der Waals surface area contributed by atoms with Gasteiger partial charge in [-0.05, 0) is 50.8 Å². The van der Waals surface area contributed by atoms with Gasteiger partial charge in [0.05, 0.1) is 7.11 Å². The third kappa shape index (κ3) is 4.82. The van der Waals surface area contributed by atoms with Crippen LogP contribution in [0.2, 0.25) is 0 Å². The van der Waals surface area contributed by atoms with Crippen molar-refractivity contribution in [1.29, 1.82) is 0 Å². The summed E-state index contributed by atoms with van der Waals surface area (Å²) < 4.78 is 33.6. The molecule has 32 heavy (non-hydrogen) atoms. The van der Waals surface area contributed by atoms with Gasteiger partial charge in [0.25, 0.3) is 5.91 Å². The van der Waals surface area contributed by atoms with Crippen LogP contribution in [-0.2, 0) is 10.0 Å². The summed E-state index contributed by atoms with van der Waals surface area (Å²) in [6, 6.07) is 4.41. The summed E-state index contributed by atoms with van der Waals surface area (Å²) in [6.07, 6.45) is 8.54. The van der Waals surface area contributed by atoms with Crippen molar-refractivity contribution in [2.45, 2.75) is 75.1 Å². The molecule has 1 aromatic carbocycles. The van der Waals surface area contributed by atoms with Crippen molar-refractivity contribution in [2.75, 3.05) is 19.0 Å². The molecular weight excluding hydrogens is 448 g/mol. The Hall–Kier alpha value is -2.04. The van der Waals surface area contributed by atoms with E-state index in [0.29, 0.717) is 17.6 Å². The monoisotopic (exact) mass is 478 g/mol. The minimum atomic E-state index is -3.79. The van der Waals surface area contributed by atoms with Crippen LogP contribution in [0.4, 0.5) is 5.13 Å². The lowest BCUT2D eigenvalue weighted by Gasteiger charge is -2.32. The Kier molecular flexibility index (Phi) is 7.11. The molecule has 0 radical (unpaired) electrons. The summed E-state index contributed by atoms with van der Waals surface area (Å²) in [7, 11) is -2.36. The predicted octanol–water partition coefficient (Wildman–Crippen LogP) is 4.41. The van der Waals surface area contributed by atoms with Gasteiger partial charge >= 0.3 is 0 Å². The van der Waals surface area contributed by atoms with Crippen LogP contribution in [0.3, 0.4) is 0 Å². The topological polar surface area (TPSA) is 101 Å². The number of carbonyl (C=O) groups excluding carboxylic acids is 1. The Morgan fingerprint density at radius 2 is 1.88 bits per heavy atom. The first-order valence-electron chi connectivity index (χ1n) is 11.2. The van der Waals surface area contributed by atoms with Crippen LogP contribution in [0, 0.1) is 0 Å². The highest BCUT2D eigenvalue weighted by atomic mass is 32.2. The number of hydrogen-bond acceptors (Lipinski definition) is 7. The number of ether oxygens (including phenoxy) is 1. The third-order valence-corrected chi connectivity index (χ3v) is 9.41. The number of rotatable bonds is 6. The van der Waals surface area contributed by atoms with Crippen molar-refractivity contribution >= 4 is 32.4 Å². The number of piperidine rings is 1. The predicted molar refractivity (Wildman–Crippen MR) is 124 cm³/mol. The van der Waals surface area contributed by atoms with Crippen molar-refractivity contribution in [3.8, 4) is 5.75 Å². The normalized spacial score (nSPS) is 20.8.